The maximum atomic E-state index is 9.26. The Balaban J connectivity index is 1.40. The van der Waals surface area contributed by atoms with Crippen LogP contribution in [-0.2, 0) is 6.54 Å². The van der Waals surface area contributed by atoms with E-state index in [0.29, 0.717) is 5.56 Å². The van der Waals surface area contributed by atoms with Crippen molar-refractivity contribution in [3.63, 3.8) is 0 Å². The first-order chi connectivity index (χ1) is 14.8. The highest BCUT2D eigenvalue weighted by molar-refractivity contribution is 6.09. The normalized spacial score (nSPS) is 15.2. The molecule has 0 atom stereocenters. The summed E-state index contributed by atoms with van der Waals surface area (Å²) in [6.45, 7) is 1.03. The summed E-state index contributed by atoms with van der Waals surface area (Å²) in [6.07, 6.45) is 12.5. The Bertz CT molecular complexity index is 1220. The molecule has 3 heteroatoms. The highest BCUT2D eigenvalue weighted by atomic mass is 15.0. The van der Waals surface area contributed by atoms with Gasteiger partial charge < -0.3 is 4.57 Å². The van der Waals surface area contributed by atoms with Crippen LogP contribution in [0.4, 0.5) is 0 Å². The molecule has 2 aromatic heterocycles. The molecule has 0 amide bonds. The minimum atomic E-state index is 0.689. The Morgan fingerprint density at radius 2 is 1.80 bits per heavy atom. The molecule has 0 aliphatic heterocycles. The Kier molecular flexibility index (Phi) is 5.41. The predicted octanol–water partition coefficient (Wildman–Crippen LogP) is 7.36. The van der Waals surface area contributed by atoms with E-state index in [9.17, 15) is 5.26 Å². The lowest BCUT2D eigenvalue weighted by Crippen LogP contribution is -2.06. The molecule has 2 heterocycles. The molecule has 2 aromatic carbocycles. The average Bonchev–Trinajstić information content (AvgIpc) is 3.10. The Morgan fingerprint density at radius 3 is 2.67 bits per heavy atom. The fourth-order valence-electron chi connectivity index (χ4n) is 5.27. The molecule has 0 spiro atoms. The summed E-state index contributed by atoms with van der Waals surface area (Å²) in [5.41, 5.74) is 5.17. The minimum absolute atomic E-state index is 0.689. The fourth-order valence-corrected chi connectivity index (χ4v) is 5.27. The third kappa shape index (κ3) is 3.67. The number of hydrogen-bond donors (Lipinski definition) is 0. The van der Waals surface area contributed by atoms with Gasteiger partial charge in [-0.2, -0.15) is 5.26 Å². The molecule has 5 rings (SSSR count). The second-order valence-corrected chi connectivity index (χ2v) is 8.90. The smallest absolute Gasteiger partial charge is 0.0991 e. The van der Waals surface area contributed by atoms with E-state index in [-0.39, 0.29) is 0 Å². The zero-order valence-corrected chi connectivity index (χ0v) is 17.6. The zero-order valence-electron chi connectivity index (χ0n) is 17.6. The number of para-hydroxylation sites is 1. The molecule has 0 unspecified atom stereocenters. The van der Waals surface area contributed by atoms with Crippen molar-refractivity contribution in [2.45, 2.75) is 64.3 Å². The third-order valence-electron chi connectivity index (χ3n) is 6.88. The van der Waals surface area contributed by atoms with Crippen LogP contribution in [0.15, 0.2) is 48.5 Å². The molecule has 4 aromatic rings. The van der Waals surface area contributed by atoms with Gasteiger partial charge in [0.05, 0.1) is 33.7 Å². The number of benzene rings is 2. The lowest BCUT2D eigenvalue weighted by molar-refractivity contribution is 0.327. The number of pyridine rings is 1. The van der Waals surface area contributed by atoms with Crippen LogP contribution in [0.2, 0.25) is 0 Å². The largest absolute Gasteiger partial charge is 0.339 e. The summed E-state index contributed by atoms with van der Waals surface area (Å²) in [7, 11) is 0. The Hall–Kier alpha value is -2.86. The highest BCUT2D eigenvalue weighted by Gasteiger charge is 2.14. The molecule has 1 fully saturated rings. The van der Waals surface area contributed by atoms with Gasteiger partial charge in [0.25, 0.3) is 0 Å². The van der Waals surface area contributed by atoms with Gasteiger partial charge in [0.15, 0.2) is 0 Å². The summed E-state index contributed by atoms with van der Waals surface area (Å²) >= 11 is 0. The molecule has 0 saturated heterocycles. The van der Waals surface area contributed by atoms with E-state index < -0.39 is 0 Å². The minimum Gasteiger partial charge on any atom is -0.339 e. The number of rotatable bonds is 6. The number of aryl methyl sites for hydroxylation is 1. The first-order valence-electron chi connectivity index (χ1n) is 11.6. The predicted molar refractivity (Wildman–Crippen MR) is 125 cm³/mol. The van der Waals surface area contributed by atoms with Crippen molar-refractivity contribution in [2.24, 2.45) is 5.92 Å². The van der Waals surface area contributed by atoms with E-state index in [1.807, 2.05) is 18.2 Å². The number of nitriles is 1. The second-order valence-electron chi connectivity index (χ2n) is 8.90. The van der Waals surface area contributed by atoms with Gasteiger partial charge in [-0.05, 0) is 42.7 Å². The fraction of sp³-hybridized carbons (Fsp3) is 0.407. The molecule has 1 saturated carbocycles. The Labute approximate surface area is 178 Å². The standard InChI is InChI=1S/C27H29N3/c28-19-21-14-15-24-22(17-21)18-26-27(29-24)23-12-6-7-13-25(23)30(26)16-8-2-5-11-20-9-3-1-4-10-20/h6-7,12-15,17-18,20H,1-5,8-11,16H2. The average molecular weight is 396 g/mol. The van der Waals surface area contributed by atoms with Gasteiger partial charge in [0, 0.05) is 17.3 Å². The van der Waals surface area contributed by atoms with Crippen LogP contribution in [0.3, 0.4) is 0 Å². The molecule has 1 aliphatic carbocycles. The molecule has 0 bridgehead atoms. The van der Waals surface area contributed by atoms with Crippen molar-refractivity contribution < 1.29 is 0 Å². The lowest BCUT2D eigenvalue weighted by Gasteiger charge is -2.21. The highest BCUT2D eigenvalue weighted by Crippen LogP contribution is 2.31. The van der Waals surface area contributed by atoms with Crippen LogP contribution in [0.1, 0.15) is 63.4 Å². The first kappa shape index (κ1) is 19.1. The molecular formula is C27H29N3. The zero-order chi connectivity index (χ0) is 20.3. The monoisotopic (exact) mass is 395 g/mol. The first-order valence-corrected chi connectivity index (χ1v) is 11.6. The topological polar surface area (TPSA) is 41.6 Å². The van der Waals surface area contributed by atoms with Crippen molar-refractivity contribution in [2.75, 3.05) is 0 Å². The molecule has 1 aliphatic rings. The van der Waals surface area contributed by atoms with Gasteiger partial charge in [-0.25, -0.2) is 4.98 Å². The summed E-state index contributed by atoms with van der Waals surface area (Å²) in [5, 5.41) is 11.5. The number of nitrogens with zero attached hydrogens (tertiary/aromatic N) is 3. The van der Waals surface area contributed by atoms with E-state index in [4.69, 9.17) is 4.98 Å². The quantitative estimate of drug-likeness (QED) is 0.320. The van der Waals surface area contributed by atoms with Crippen molar-refractivity contribution >= 4 is 32.8 Å². The molecule has 0 radical (unpaired) electrons. The van der Waals surface area contributed by atoms with Crippen molar-refractivity contribution in [1.29, 1.82) is 5.26 Å². The molecule has 3 nitrogen and oxygen atoms in total. The van der Waals surface area contributed by atoms with Gasteiger partial charge in [-0.1, -0.05) is 69.6 Å². The van der Waals surface area contributed by atoms with E-state index in [1.165, 1.54) is 74.2 Å². The van der Waals surface area contributed by atoms with E-state index >= 15 is 0 Å². The van der Waals surface area contributed by atoms with Crippen LogP contribution in [0, 0.1) is 17.2 Å². The van der Waals surface area contributed by atoms with Crippen LogP contribution in [0.25, 0.3) is 32.8 Å². The Morgan fingerprint density at radius 1 is 0.933 bits per heavy atom. The van der Waals surface area contributed by atoms with Crippen LogP contribution < -0.4 is 0 Å². The maximum Gasteiger partial charge on any atom is 0.0991 e. The maximum absolute atomic E-state index is 9.26. The number of fused-ring (bicyclic) bond motifs is 4. The van der Waals surface area contributed by atoms with Gasteiger partial charge >= 0.3 is 0 Å². The van der Waals surface area contributed by atoms with Crippen molar-refractivity contribution in [1.82, 2.24) is 9.55 Å². The van der Waals surface area contributed by atoms with E-state index in [1.54, 1.807) is 0 Å². The van der Waals surface area contributed by atoms with Gasteiger partial charge in [0.2, 0.25) is 0 Å². The van der Waals surface area contributed by atoms with Gasteiger partial charge in [0.1, 0.15) is 0 Å². The molecule has 152 valence electrons. The number of unbranched alkanes of at least 4 members (excludes halogenated alkanes) is 2. The summed E-state index contributed by atoms with van der Waals surface area (Å²) in [5.74, 6) is 0.983. The van der Waals surface area contributed by atoms with E-state index in [0.717, 1.165) is 28.9 Å². The van der Waals surface area contributed by atoms with Gasteiger partial charge in [-0.3, -0.25) is 0 Å². The summed E-state index contributed by atoms with van der Waals surface area (Å²) < 4.78 is 2.44. The van der Waals surface area contributed by atoms with Crippen LogP contribution in [-0.4, -0.2) is 9.55 Å². The number of hydrogen-bond acceptors (Lipinski definition) is 2. The molecule has 30 heavy (non-hydrogen) atoms. The van der Waals surface area contributed by atoms with Crippen LogP contribution in [0.5, 0.6) is 0 Å². The lowest BCUT2D eigenvalue weighted by atomic mass is 9.85. The van der Waals surface area contributed by atoms with Crippen molar-refractivity contribution in [3.05, 3.63) is 54.1 Å². The second kappa shape index (κ2) is 8.48. The number of aromatic nitrogens is 2. The summed E-state index contributed by atoms with van der Waals surface area (Å²) in [4.78, 5) is 4.98. The third-order valence-corrected chi connectivity index (χ3v) is 6.88. The van der Waals surface area contributed by atoms with Crippen LogP contribution >= 0.6 is 0 Å². The van der Waals surface area contributed by atoms with Gasteiger partial charge in [-0.15, -0.1) is 0 Å². The molecule has 0 N–H and O–H groups in total. The van der Waals surface area contributed by atoms with E-state index in [2.05, 4.69) is 41.0 Å². The SMILES string of the molecule is N#Cc1ccc2nc3c4ccccc4n(CCCCCC4CCCCC4)c3cc2c1. The molecular weight excluding hydrogens is 366 g/mol. The summed E-state index contributed by atoms with van der Waals surface area (Å²) in [6, 6.07) is 18.9. The van der Waals surface area contributed by atoms with Crippen molar-refractivity contribution in [3.8, 4) is 6.07 Å².